The van der Waals surface area contributed by atoms with Gasteiger partial charge in [0.15, 0.2) is 0 Å². The van der Waals surface area contributed by atoms with Crippen molar-refractivity contribution in [3.05, 3.63) is 0 Å². The van der Waals surface area contributed by atoms with E-state index in [0.717, 1.165) is 45.8 Å². The van der Waals surface area contributed by atoms with Gasteiger partial charge >= 0.3 is 0 Å². The monoisotopic (exact) mass is 205 g/mol. The van der Waals surface area contributed by atoms with Gasteiger partial charge in [-0.2, -0.15) is 0 Å². The average Bonchev–Trinajstić information content (AvgIpc) is 2.21. The van der Waals surface area contributed by atoms with Crippen molar-refractivity contribution in [2.45, 2.75) is 19.8 Å². The van der Waals surface area contributed by atoms with Crippen molar-refractivity contribution in [1.29, 1.82) is 0 Å². The molecule has 4 nitrogen and oxygen atoms in total. The predicted molar refractivity (Wildman–Crippen MR) is 56.5 cm³/mol. The smallest absolute Gasteiger partial charge is 0.0697 e. The highest BCUT2D eigenvalue weighted by Gasteiger charge is 1.89. The van der Waals surface area contributed by atoms with E-state index in [0.29, 0.717) is 6.61 Å². The number of aliphatic hydroxyl groups is 1. The lowest BCUT2D eigenvalue weighted by Crippen LogP contribution is -2.19. The molecule has 4 heteroatoms. The number of nitrogens with one attached hydrogen (secondary N) is 1. The van der Waals surface area contributed by atoms with Gasteiger partial charge in [-0.1, -0.05) is 0 Å². The van der Waals surface area contributed by atoms with E-state index in [4.69, 9.17) is 14.6 Å². The molecule has 0 fully saturated rings. The Morgan fingerprint density at radius 2 is 1.64 bits per heavy atom. The lowest BCUT2D eigenvalue weighted by molar-refractivity contribution is 0.0905. The van der Waals surface area contributed by atoms with Crippen LogP contribution >= 0.6 is 0 Å². The van der Waals surface area contributed by atoms with Crippen molar-refractivity contribution in [3.63, 3.8) is 0 Å². The Kier molecular flexibility index (Phi) is 12.7. The molecule has 0 atom stereocenters. The molecule has 14 heavy (non-hydrogen) atoms. The van der Waals surface area contributed by atoms with Crippen LogP contribution in [0.3, 0.4) is 0 Å². The first-order valence-corrected chi connectivity index (χ1v) is 5.39. The van der Waals surface area contributed by atoms with Crippen molar-refractivity contribution in [3.8, 4) is 0 Å². The summed E-state index contributed by atoms with van der Waals surface area (Å²) in [6, 6.07) is 0. The number of ether oxygens (including phenoxy) is 2. The van der Waals surface area contributed by atoms with Crippen LogP contribution in [-0.4, -0.2) is 51.2 Å². The highest BCUT2D eigenvalue weighted by atomic mass is 16.5. The molecule has 0 rings (SSSR count). The van der Waals surface area contributed by atoms with Crippen molar-refractivity contribution < 1.29 is 14.6 Å². The quantitative estimate of drug-likeness (QED) is 0.479. The molecule has 0 amide bonds. The fourth-order valence-corrected chi connectivity index (χ4v) is 1.03. The van der Waals surface area contributed by atoms with Gasteiger partial charge in [-0.05, 0) is 32.9 Å². The highest BCUT2D eigenvalue weighted by Crippen LogP contribution is 1.83. The summed E-state index contributed by atoms with van der Waals surface area (Å²) >= 11 is 0. The van der Waals surface area contributed by atoms with Gasteiger partial charge in [0, 0.05) is 19.8 Å². The van der Waals surface area contributed by atoms with Gasteiger partial charge in [0.05, 0.1) is 13.2 Å². The predicted octanol–water partition coefficient (Wildman–Crippen LogP) is 0.402. The molecule has 2 N–H and O–H groups in total. The first-order valence-electron chi connectivity index (χ1n) is 5.39. The van der Waals surface area contributed by atoms with Gasteiger partial charge in [-0.3, -0.25) is 0 Å². The number of rotatable bonds is 11. The van der Waals surface area contributed by atoms with Gasteiger partial charge in [0.1, 0.15) is 0 Å². The lowest BCUT2D eigenvalue weighted by atomic mass is 10.4. The van der Waals surface area contributed by atoms with E-state index >= 15 is 0 Å². The van der Waals surface area contributed by atoms with Crippen molar-refractivity contribution in [2.24, 2.45) is 0 Å². The second-order valence-electron chi connectivity index (χ2n) is 2.99. The molecule has 0 radical (unpaired) electrons. The first kappa shape index (κ1) is 13.8. The zero-order valence-corrected chi connectivity index (χ0v) is 9.13. The molecule has 0 bridgehead atoms. The Balaban J connectivity index is 2.78. The third-order valence-corrected chi connectivity index (χ3v) is 1.72. The van der Waals surface area contributed by atoms with Crippen LogP contribution in [0.2, 0.25) is 0 Å². The number of hydrogen-bond acceptors (Lipinski definition) is 4. The fourth-order valence-electron chi connectivity index (χ4n) is 1.03. The lowest BCUT2D eigenvalue weighted by Gasteiger charge is -2.05. The van der Waals surface area contributed by atoms with Gasteiger partial charge in [0.2, 0.25) is 0 Å². The summed E-state index contributed by atoms with van der Waals surface area (Å²) < 4.78 is 10.3. The van der Waals surface area contributed by atoms with E-state index in [2.05, 4.69) is 5.32 Å². The van der Waals surface area contributed by atoms with Crippen LogP contribution < -0.4 is 5.32 Å². The molecular formula is C10H23NO3. The second kappa shape index (κ2) is 12.8. The maximum absolute atomic E-state index is 8.43. The SMILES string of the molecule is CCOCCCNCCCOCCO. The Labute approximate surface area is 86.6 Å². The Morgan fingerprint density at radius 1 is 1.00 bits per heavy atom. The highest BCUT2D eigenvalue weighted by molar-refractivity contribution is 4.47. The molecule has 0 spiro atoms. The van der Waals surface area contributed by atoms with Gasteiger partial charge < -0.3 is 19.9 Å². The normalized spacial score (nSPS) is 10.7. The van der Waals surface area contributed by atoms with Crippen LogP contribution in [0, 0.1) is 0 Å². The third-order valence-electron chi connectivity index (χ3n) is 1.72. The summed E-state index contributed by atoms with van der Waals surface area (Å²) in [4.78, 5) is 0. The standard InChI is InChI=1S/C10H23NO3/c1-2-13-8-3-5-11-6-4-9-14-10-7-12/h11-12H,2-10H2,1H3. The van der Waals surface area contributed by atoms with E-state index in [9.17, 15) is 0 Å². The molecule has 0 aliphatic rings. The summed E-state index contributed by atoms with van der Waals surface area (Å²) in [6.07, 6.45) is 2.06. The van der Waals surface area contributed by atoms with Crippen LogP contribution in [0.4, 0.5) is 0 Å². The largest absolute Gasteiger partial charge is 0.394 e. The van der Waals surface area contributed by atoms with Crippen LogP contribution in [0.15, 0.2) is 0 Å². The fraction of sp³-hybridized carbons (Fsp3) is 1.00. The van der Waals surface area contributed by atoms with Gasteiger partial charge in [-0.25, -0.2) is 0 Å². The molecular weight excluding hydrogens is 182 g/mol. The Morgan fingerprint density at radius 3 is 2.21 bits per heavy atom. The van der Waals surface area contributed by atoms with Gasteiger partial charge in [0.25, 0.3) is 0 Å². The maximum Gasteiger partial charge on any atom is 0.0697 e. The van der Waals surface area contributed by atoms with E-state index in [-0.39, 0.29) is 6.61 Å². The molecule has 0 aromatic rings. The van der Waals surface area contributed by atoms with Crippen molar-refractivity contribution in [2.75, 3.05) is 46.1 Å². The summed E-state index contributed by atoms with van der Waals surface area (Å²) in [6.45, 7) is 6.90. The topological polar surface area (TPSA) is 50.7 Å². The average molecular weight is 205 g/mol. The molecule has 0 saturated carbocycles. The molecule has 0 aliphatic heterocycles. The molecule has 0 aromatic carbocycles. The van der Waals surface area contributed by atoms with E-state index in [1.807, 2.05) is 6.92 Å². The first-order chi connectivity index (χ1) is 6.91. The number of aliphatic hydroxyl groups excluding tert-OH is 1. The van der Waals surface area contributed by atoms with Crippen molar-refractivity contribution >= 4 is 0 Å². The van der Waals surface area contributed by atoms with Crippen molar-refractivity contribution in [1.82, 2.24) is 5.32 Å². The molecule has 0 saturated heterocycles. The maximum atomic E-state index is 8.43. The minimum atomic E-state index is 0.113. The summed E-state index contributed by atoms with van der Waals surface area (Å²) in [5.74, 6) is 0. The van der Waals surface area contributed by atoms with Crippen LogP contribution in [0.5, 0.6) is 0 Å². The zero-order valence-electron chi connectivity index (χ0n) is 9.13. The minimum absolute atomic E-state index is 0.113. The van der Waals surface area contributed by atoms with Crippen LogP contribution in [-0.2, 0) is 9.47 Å². The Hall–Kier alpha value is -0.160. The van der Waals surface area contributed by atoms with Gasteiger partial charge in [-0.15, -0.1) is 0 Å². The Bertz CT molecular complexity index is 89.4. The summed E-state index contributed by atoms with van der Waals surface area (Å²) in [7, 11) is 0. The van der Waals surface area contributed by atoms with Crippen LogP contribution in [0.1, 0.15) is 19.8 Å². The molecule has 86 valence electrons. The van der Waals surface area contributed by atoms with E-state index < -0.39 is 0 Å². The molecule has 0 heterocycles. The third kappa shape index (κ3) is 11.8. The second-order valence-corrected chi connectivity index (χ2v) is 2.99. The van der Waals surface area contributed by atoms with E-state index in [1.165, 1.54) is 0 Å². The van der Waals surface area contributed by atoms with E-state index in [1.54, 1.807) is 0 Å². The summed E-state index contributed by atoms with van der Waals surface area (Å²) in [5, 5.41) is 11.7. The number of hydrogen-bond donors (Lipinski definition) is 2. The van der Waals surface area contributed by atoms with Crippen LogP contribution in [0.25, 0.3) is 0 Å². The zero-order chi connectivity index (χ0) is 10.5. The molecule has 0 aliphatic carbocycles. The molecule has 0 aromatic heterocycles. The summed E-state index contributed by atoms with van der Waals surface area (Å²) in [5.41, 5.74) is 0. The minimum Gasteiger partial charge on any atom is -0.394 e. The molecule has 0 unspecified atom stereocenters.